The summed E-state index contributed by atoms with van der Waals surface area (Å²) in [7, 11) is 0. The smallest absolute Gasteiger partial charge is 0.230 e. The molecule has 5 nitrogen and oxygen atoms in total. The van der Waals surface area contributed by atoms with Crippen LogP contribution in [0.5, 0.6) is 0 Å². The maximum Gasteiger partial charge on any atom is 0.230 e. The number of carbonyl (C=O) groups excluding carboxylic acids is 1. The van der Waals surface area contributed by atoms with Crippen LogP contribution >= 0.6 is 0 Å². The van der Waals surface area contributed by atoms with Crippen molar-refractivity contribution in [2.45, 2.75) is 33.0 Å². The van der Waals surface area contributed by atoms with Crippen molar-refractivity contribution in [3.8, 4) is 6.07 Å². The molecule has 20 heavy (non-hydrogen) atoms. The first kappa shape index (κ1) is 14.4. The lowest BCUT2D eigenvalue weighted by atomic mass is 9.88. The van der Waals surface area contributed by atoms with Gasteiger partial charge in [-0.25, -0.2) is 0 Å². The van der Waals surface area contributed by atoms with Crippen LogP contribution in [0.2, 0.25) is 0 Å². The largest absolute Gasteiger partial charge is 0.399 e. The van der Waals surface area contributed by atoms with Crippen LogP contribution in [0, 0.1) is 23.2 Å². The maximum atomic E-state index is 12.4. The fourth-order valence-electron chi connectivity index (χ4n) is 2.70. The summed E-state index contributed by atoms with van der Waals surface area (Å²) in [5.41, 5.74) is 6.99. The number of amides is 1. The van der Waals surface area contributed by atoms with Gasteiger partial charge in [-0.2, -0.15) is 5.26 Å². The average Bonchev–Trinajstić information content (AvgIpc) is 2.65. The SMILES string of the molecule is CC1OC(C)C(C(=O)Nc2ccc(N)cc2C#N)C1C. The number of nitriles is 1. The molecule has 0 saturated carbocycles. The van der Waals surface area contributed by atoms with E-state index in [1.165, 1.54) is 0 Å². The summed E-state index contributed by atoms with van der Waals surface area (Å²) in [5, 5.41) is 11.9. The third-order valence-corrected chi connectivity index (χ3v) is 3.97. The minimum Gasteiger partial charge on any atom is -0.399 e. The van der Waals surface area contributed by atoms with Crippen LogP contribution in [-0.2, 0) is 9.53 Å². The van der Waals surface area contributed by atoms with Gasteiger partial charge in [0.15, 0.2) is 0 Å². The molecule has 0 bridgehead atoms. The molecule has 1 heterocycles. The molecule has 4 atom stereocenters. The van der Waals surface area contributed by atoms with Crippen LogP contribution < -0.4 is 11.1 Å². The summed E-state index contributed by atoms with van der Waals surface area (Å²) in [5.74, 6) is -0.186. The van der Waals surface area contributed by atoms with E-state index in [0.29, 0.717) is 16.9 Å². The summed E-state index contributed by atoms with van der Waals surface area (Å²) in [4.78, 5) is 12.4. The van der Waals surface area contributed by atoms with Crippen molar-refractivity contribution in [1.29, 1.82) is 5.26 Å². The highest BCUT2D eigenvalue weighted by molar-refractivity contribution is 5.94. The Morgan fingerprint density at radius 1 is 1.35 bits per heavy atom. The van der Waals surface area contributed by atoms with E-state index in [1.807, 2.05) is 26.8 Å². The molecule has 1 amide bonds. The van der Waals surface area contributed by atoms with E-state index in [0.717, 1.165) is 0 Å². The number of hydrogen-bond acceptors (Lipinski definition) is 4. The van der Waals surface area contributed by atoms with Gasteiger partial charge in [0, 0.05) is 5.69 Å². The highest BCUT2D eigenvalue weighted by Gasteiger charge is 2.41. The van der Waals surface area contributed by atoms with Crippen molar-refractivity contribution >= 4 is 17.3 Å². The van der Waals surface area contributed by atoms with Gasteiger partial charge in [-0.15, -0.1) is 0 Å². The van der Waals surface area contributed by atoms with Crippen LogP contribution in [0.3, 0.4) is 0 Å². The van der Waals surface area contributed by atoms with Gasteiger partial charge in [-0.05, 0) is 38.0 Å². The number of carbonyl (C=O) groups is 1. The molecule has 1 aliphatic rings. The van der Waals surface area contributed by atoms with Crippen LogP contribution in [0.4, 0.5) is 11.4 Å². The topological polar surface area (TPSA) is 88.1 Å². The van der Waals surface area contributed by atoms with Crippen molar-refractivity contribution < 1.29 is 9.53 Å². The Morgan fingerprint density at radius 3 is 2.60 bits per heavy atom. The van der Waals surface area contributed by atoms with Gasteiger partial charge < -0.3 is 15.8 Å². The molecule has 1 aromatic rings. The average molecular weight is 273 g/mol. The second kappa shape index (κ2) is 5.51. The number of ether oxygens (including phenoxy) is 1. The van der Waals surface area contributed by atoms with Gasteiger partial charge in [-0.1, -0.05) is 6.92 Å². The number of benzene rings is 1. The van der Waals surface area contributed by atoms with Gasteiger partial charge in [-0.3, -0.25) is 4.79 Å². The van der Waals surface area contributed by atoms with Crippen molar-refractivity contribution in [3.05, 3.63) is 23.8 Å². The second-order valence-electron chi connectivity index (χ2n) is 5.34. The second-order valence-corrected chi connectivity index (χ2v) is 5.34. The Kier molecular flexibility index (Phi) is 3.96. The van der Waals surface area contributed by atoms with E-state index in [4.69, 9.17) is 15.7 Å². The number of nitrogens with two attached hydrogens (primary N) is 1. The predicted octanol–water partition coefficient (Wildman–Crippen LogP) is 2.14. The van der Waals surface area contributed by atoms with E-state index in [9.17, 15) is 4.79 Å². The lowest BCUT2D eigenvalue weighted by molar-refractivity contribution is -0.121. The zero-order valence-corrected chi connectivity index (χ0v) is 11.9. The van der Waals surface area contributed by atoms with Gasteiger partial charge in [0.1, 0.15) is 6.07 Å². The first-order valence-electron chi connectivity index (χ1n) is 6.70. The van der Waals surface area contributed by atoms with Crippen LogP contribution in [0.25, 0.3) is 0 Å². The van der Waals surface area contributed by atoms with Crippen LogP contribution in [0.1, 0.15) is 26.3 Å². The molecule has 5 heteroatoms. The van der Waals surface area contributed by atoms with Crippen molar-refractivity contribution in [1.82, 2.24) is 0 Å². The Labute approximate surface area is 118 Å². The Bertz CT molecular complexity index is 565. The van der Waals surface area contributed by atoms with E-state index < -0.39 is 0 Å². The first-order chi connectivity index (χ1) is 9.43. The minimum atomic E-state index is -0.214. The molecule has 0 spiro atoms. The quantitative estimate of drug-likeness (QED) is 0.808. The standard InChI is InChI=1S/C15H19N3O2/c1-8-9(2)20-10(3)14(8)15(19)18-13-5-4-12(17)6-11(13)7-16/h4-6,8-10,14H,17H2,1-3H3,(H,18,19). The van der Waals surface area contributed by atoms with Crippen molar-refractivity contribution in [2.75, 3.05) is 11.1 Å². The third kappa shape index (κ3) is 2.61. The molecule has 106 valence electrons. The summed E-state index contributed by atoms with van der Waals surface area (Å²) >= 11 is 0. The summed E-state index contributed by atoms with van der Waals surface area (Å²) in [6.45, 7) is 5.88. The van der Waals surface area contributed by atoms with Crippen molar-refractivity contribution in [2.24, 2.45) is 11.8 Å². The molecule has 0 aromatic heterocycles. The lowest BCUT2D eigenvalue weighted by Crippen LogP contribution is -2.32. The number of nitrogens with one attached hydrogen (secondary N) is 1. The fraction of sp³-hybridized carbons (Fsp3) is 0.467. The van der Waals surface area contributed by atoms with E-state index in [1.54, 1.807) is 18.2 Å². The number of nitrogen functional groups attached to an aromatic ring is 1. The van der Waals surface area contributed by atoms with E-state index in [-0.39, 0.29) is 30.0 Å². The lowest BCUT2D eigenvalue weighted by Gasteiger charge is -2.18. The number of rotatable bonds is 2. The maximum absolute atomic E-state index is 12.4. The Hall–Kier alpha value is -2.06. The minimum absolute atomic E-state index is 0.0580. The molecule has 0 aliphatic carbocycles. The van der Waals surface area contributed by atoms with Gasteiger partial charge in [0.05, 0.1) is 29.4 Å². The zero-order valence-electron chi connectivity index (χ0n) is 11.9. The third-order valence-electron chi connectivity index (χ3n) is 3.97. The molecule has 0 radical (unpaired) electrons. The molecule has 3 N–H and O–H groups in total. The fourth-order valence-corrected chi connectivity index (χ4v) is 2.70. The van der Waals surface area contributed by atoms with E-state index >= 15 is 0 Å². The predicted molar refractivity (Wildman–Crippen MR) is 76.9 cm³/mol. The molecule has 1 aliphatic heterocycles. The van der Waals surface area contributed by atoms with Crippen molar-refractivity contribution in [3.63, 3.8) is 0 Å². The summed E-state index contributed by atoms with van der Waals surface area (Å²) < 4.78 is 5.67. The number of hydrogen-bond donors (Lipinski definition) is 2. The summed E-state index contributed by atoms with van der Waals surface area (Å²) in [6.07, 6.45) is -0.0677. The molecular formula is C15H19N3O2. The van der Waals surface area contributed by atoms with Crippen LogP contribution in [0.15, 0.2) is 18.2 Å². The first-order valence-corrected chi connectivity index (χ1v) is 6.70. The molecule has 1 fully saturated rings. The molecule has 2 rings (SSSR count). The van der Waals surface area contributed by atoms with Gasteiger partial charge in [0.25, 0.3) is 0 Å². The zero-order chi connectivity index (χ0) is 14.9. The Balaban J connectivity index is 2.19. The van der Waals surface area contributed by atoms with Gasteiger partial charge >= 0.3 is 0 Å². The molecular weight excluding hydrogens is 254 g/mol. The highest BCUT2D eigenvalue weighted by atomic mass is 16.5. The van der Waals surface area contributed by atoms with E-state index in [2.05, 4.69) is 5.32 Å². The molecule has 4 unspecified atom stereocenters. The highest BCUT2D eigenvalue weighted by Crippen LogP contribution is 2.33. The molecule has 1 saturated heterocycles. The summed E-state index contributed by atoms with van der Waals surface area (Å²) in [6, 6.07) is 6.91. The monoisotopic (exact) mass is 273 g/mol. The Morgan fingerprint density at radius 2 is 2.05 bits per heavy atom. The molecule has 1 aromatic carbocycles. The van der Waals surface area contributed by atoms with Crippen LogP contribution in [-0.4, -0.2) is 18.1 Å². The number of anilines is 2. The van der Waals surface area contributed by atoms with Gasteiger partial charge in [0.2, 0.25) is 5.91 Å². The normalized spacial score (nSPS) is 28.9. The number of nitrogens with zero attached hydrogens (tertiary/aromatic N) is 1.